The molecule has 7 nitrogen and oxygen atoms in total. The molecule has 2 aromatic rings. The van der Waals surface area contributed by atoms with E-state index in [4.69, 9.17) is 13.9 Å². The molecule has 2 N–H and O–H groups in total. The van der Waals surface area contributed by atoms with E-state index in [0.717, 1.165) is 0 Å². The van der Waals surface area contributed by atoms with Crippen LogP contribution in [0.5, 0.6) is 11.7 Å². The molecule has 7 heteroatoms. The predicted molar refractivity (Wildman–Crippen MR) is 87.7 cm³/mol. The standard InChI is InChI=1S/C18H19NO6/c20-16(19-12-18(17(21)22)8-10-23-11-9-18)14-6-7-15(25-14)24-13-4-2-1-3-5-13/h1-7H,8-12H2,(H,19,20)(H,21,22). The fourth-order valence-corrected chi connectivity index (χ4v) is 2.67. The molecule has 1 aliphatic rings. The van der Waals surface area contributed by atoms with Crippen molar-refractivity contribution in [3.63, 3.8) is 0 Å². The fraction of sp³-hybridized carbons (Fsp3) is 0.333. The Morgan fingerprint density at radius 3 is 2.52 bits per heavy atom. The van der Waals surface area contributed by atoms with Crippen LogP contribution in [0.25, 0.3) is 0 Å². The van der Waals surface area contributed by atoms with Crippen LogP contribution in [0.3, 0.4) is 0 Å². The van der Waals surface area contributed by atoms with Gasteiger partial charge in [0.1, 0.15) is 5.75 Å². The zero-order valence-electron chi connectivity index (χ0n) is 13.6. The number of carboxylic acids is 1. The number of hydrogen-bond acceptors (Lipinski definition) is 5. The molecule has 25 heavy (non-hydrogen) atoms. The number of benzene rings is 1. The molecule has 1 saturated heterocycles. The van der Waals surface area contributed by atoms with Gasteiger partial charge < -0.3 is 24.3 Å². The SMILES string of the molecule is O=C(NCC1(C(=O)O)CCOCC1)c1ccc(Oc2ccccc2)o1. The van der Waals surface area contributed by atoms with Crippen LogP contribution < -0.4 is 10.1 Å². The van der Waals surface area contributed by atoms with Gasteiger partial charge in [-0.2, -0.15) is 0 Å². The average molecular weight is 345 g/mol. The lowest BCUT2D eigenvalue weighted by atomic mass is 9.80. The molecule has 0 spiro atoms. The van der Waals surface area contributed by atoms with Crippen LogP contribution in [0.15, 0.2) is 46.9 Å². The van der Waals surface area contributed by atoms with Gasteiger partial charge in [0.25, 0.3) is 11.9 Å². The van der Waals surface area contributed by atoms with Crippen LogP contribution in [-0.2, 0) is 9.53 Å². The minimum Gasteiger partial charge on any atom is -0.481 e. The van der Waals surface area contributed by atoms with Crippen LogP contribution >= 0.6 is 0 Å². The quantitative estimate of drug-likeness (QED) is 0.835. The Morgan fingerprint density at radius 1 is 1.12 bits per heavy atom. The highest BCUT2D eigenvalue weighted by Gasteiger charge is 2.40. The topological polar surface area (TPSA) is 98.0 Å². The van der Waals surface area contributed by atoms with E-state index < -0.39 is 17.3 Å². The summed E-state index contributed by atoms with van der Waals surface area (Å²) in [5.74, 6) is -0.552. The molecular weight excluding hydrogens is 326 g/mol. The van der Waals surface area contributed by atoms with Crippen molar-refractivity contribution in [2.45, 2.75) is 12.8 Å². The maximum Gasteiger partial charge on any atom is 0.311 e. The summed E-state index contributed by atoms with van der Waals surface area (Å²) in [5.41, 5.74) is -0.996. The molecule has 0 unspecified atom stereocenters. The predicted octanol–water partition coefficient (Wildman–Crippen LogP) is 2.68. The summed E-state index contributed by atoms with van der Waals surface area (Å²) in [6, 6.07) is 12.1. The second-order valence-electron chi connectivity index (χ2n) is 5.91. The normalized spacial score (nSPS) is 16.2. The Balaban J connectivity index is 1.61. The van der Waals surface area contributed by atoms with Crippen LogP contribution in [0.2, 0.25) is 0 Å². The van der Waals surface area contributed by atoms with Gasteiger partial charge in [-0.1, -0.05) is 18.2 Å². The highest BCUT2D eigenvalue weighted by Crippen LogP contribution is 2.30. The van der Waals surface area contributed by atoms with Gasteiger partial charge in [-0.15, -0.1) is 0 Å². The van der Waals surface area contributed by atoms with Crippen LogP contribution in [0.1, 0.15) is 23.4 Å². The molecule has 132 valence electrons. The Hall–Kier alpha value is -2.80. The zero-order valence-corrected chi connectivity index (χ0v) is 13.6. The maximum atomic E-state index is 12.2. The van der Waals surface area contributed by atoms with E-state index in [1.807, 2.05) is 18.2 Å². The smallest absolute Gasteiger partial charge is 0.311 e. The van der Waals surface area contributed by atoms with Gasteiger partial charge in [-0.05, 0) is 31.0 Å². The third kappa shape index (κ3) is 4.00. The second kappa shape index (κ2) is 7.40. The van der Waals surface area contributed by atoms with Crippen molar-refractivity contribution >= 4 is 11.9 Å². The first kappa shape index (κ1) is 17.0. The molecule has 3 rings (SSSR count). The number of aliphatic carboxylic acids is 1. The molecular formula is C18H19NO6. The van der Waals surface area contributed by atoms with Crippen molar-refractivity contribution < 1.29 is 28.6 Å². The molecule has 0 saturated carbocycles. The van der Waals surface area contributed by atoms with Crippen molar-refractivity contribution in [1.29, 1.82) is 0 Å². The summed E-state index contributed by atoms with van der Waals surface area (Å²) in [7, 11) is 0. The Morgan fingerprint density at radius 2 is 1.84 bits per heavy atom. The summed E-state index contributed by atoms with van der Waals surface area (Å²) in [6.07, 6.45) is 0.728. The van der Waals surface area contributed by atoms with E-state index in [0.29, 0.717) is 31.8 Å². The first-order chi connectivity index (χ1) is 12.1. The molecule has 1 fully saturated rings. The maximum absolute atomic E-state index is 12.2. The summed E-state index contributed by atoms with van der Waals surface area (Å²) >= 11 is 0. The number of rotatable bonds is 6. The molecule has 0 bridgehead atoms. The van der Waals surface area contributed by atoms with Gasteiger partial charge >= 0.3 is 5.97 Å². The zero-order chi connectivity index (χ0) is 17.7. The van der Waals surface area contributed by atoms with E-state index in [-0.39, 0.29) is 18.3 Å². The van der Waals surface area contributed by atoms with E-state index in [1.54, 1.807) is 18.2 Å². The number of carbonyl (C=O) groups is 2. The van der Waals surface area contributed by atoms with Crippen LogP contribution in [0, 0.1) is 5.41 Å². The first-order valence-corrected chi connectivity index (χ1v) is 8.01. The number of ether oxygens (including phenoxy) is 2. The lowest BCUT2D eigenvalue weighted by Gasteiger charge is -2.32. The lowest BCUT2D eigenvalue weighted by Crippen LogP contribution is -2.46. The van der Waals surface area contributed by atoms with E-state index in [1.165, 1.54) is 6.07 Å². The number of furan rings is 1. The highest BCUT2D eigenvalue weighted by atomic mass is 16.6. The molecule has 1 amide bonds. The summed E-state index contributed by atoms with van der Waals surface area (Å²) in [6.45, 7) is 0.774. The number of nitrogens with one attached hydrogen (secondary N) is 1. The number of amides is 1. The third-order valence-electron chi connectivity index (χ3n) is 4.26. The van der Waals surface area contributed by atoms with Crippen LogP contribution in [-0.4, -0.2) is 36.7 Å². The molecule has 0 radical (unpaired) electrons. The molecule has 1 aromatic heterocycles. The van der Waals surface area contributed by atoms with Crippen molar-refractivity contribution in [2.24, 2.45) is 5.41 Å². The molecule has 1 aliphatic heterocycles. The molecule has 0 atom stereocenters. The minimum absolute atomic E-state index is 0.0279. The molecule has 1 aromatic carbocycles. The highest BCUT2D eigenvalue weighted by molar-refractivity contribution is 5.92. The Labute approximate surface area is 144 Å². The number of carbonyl (C=O) groups excluding carboxylic acids is 1. The van der Waals surface area contributed by atoms with Crippen molar-refractivity contribution in [3.05, 3.63) is 48.2 Å². The number of hydrogen-bond donors (Lipinski definition) is 2. The van der Waals surface area contributed by atoms with Crippen molar-refractivity contribution in [3.8, 4) is 11.7 Å². The first-order valence-electron chi connectivity index (χ1n) is 8.01. The van der Waals surface area contributed by atoms with Crippen molar-refractivity contribution in [1.82, 2.24) is 5.32 Å². The monoisotopic (exact) mass is 345 g/mol. The Kier molecular flexibility index (Phi) is 5.04. The largest absolute Gasteiger partial charge is 0.481 e. The second-order valence-corrected chi connectivity index (χ2v) is 5.91. The van der Waals surface area contributed by atoms with Crippen molar-refractivity contribution in [2.75, 3.05) is 19.8 Å². The van der Waals surface area contributed by atoms with E-state index >= 15 is 0 Å². The number of para-hydroxylation sites is 1. The van der Waals surface area contributed by atoms with Gasteiger partial charge in [0.05, 0.1) is 5.41 Å². The summed E-state index contributed by atoms with van der Waals surface area (Å²) in [4.78, 5) is 23.8. The summed E-state index contributed by atoms with van der Waals surface area (Å²) in [5, 5.41) is 12.1. The van der Waals surface area contributed by atoms with Gasteiger partial charge in [0.15, 0.2) is 5.76 Å². The Bertz CT molecular complexity index is 733. The van der Waals surface area contributed by atoms with E-state index in [2.05, 4.69) is 5.32 Å². The minimum atomic E-state index is -0.996. The average Bonchev–Trinajstić information content (AvgIpc) is 3.10. The van der Waals surface area contributed by atoms with Gasteiger partial charge in [-0.25, -0.2) is 0 Å². The van der Waals surface area contributed by atoms with Gasteiger partial charge in [-0.3, -0.25) is 9.59 Å². The number of carboxylic acid groups (broad SMARTS) is 1. The van der Waals surface area contributed by atoms with Crippen LogP contribution in [0.4, 0.5) is 0 Å². The summed E-state index contributed by atoms with van der Waals surface area (Å²) < 4.78 is 16.1. The fourth-order valence-electron chi connectivity index (χ4n) is 2.67. The molecule has 0 aliphatic carbocycles. The van der Waals surface area contributed by atoms with E-state index in [9.17, 15) is 14.7 Å². The lowest BCUT2D eigenvalue weighted by molar-refractivity contribution is -0.154. The third-order valence-corrected chi connectivity index (χ3v) is 4.26. The molecule has 2 heterocycles. The van der Waals surface area contributed by atoms with Gasteiger partial charge in [0, 0.05) is 25.8 Å². The van der Waals surface area contributed by atoms with Gasteiger partial charge in [0.2, 0.25) is 0 Å².